The maximum absolute atomic E-state index is 13.2. The second-order valence-electron chi connectivity index (χ2n) is 6.18. The van der Waals surface area contributed by atoms with E-state index in [1.54, 1.807) is 16.0 Å². The normalized spacial score (nSPS) is 11.7. The number of nitrogens with one attached hydrogen (secondary N) is 1. The summed E-state index contributed by atoms with van der Waals surface area (Å²) in [6.07, 6.45) is 0. The van der Waals surface area contributed by atoms with Gasteiger partial charge in [0.2, 0.25) is 0 Å². The molecule has 2 aromatic carbocycles. The first kappa shape index (κ1) is 17.2. The van der Waals surface area contributed by atoms with Gasteiger partial charge in [-0.25, -0.2) is 4.68 Å². The summed E-state index contributed by atoms with van der Waals surface area (Å²) in [6, 6.07) is 23.6. The minimum atomic E-state index is -0.0903. The van der Waals surface area contributed by atoms with E-state index in [1.165, 1.54) is 4.88 Å². The van der Waals surface area contributed by atoms with Crippen molar-refractivity contribution < 1.29 is 0 Å². The van der Waals surface area contributed by atoms with Crippen LogP contribution in [0.2, 0.25) is 0 Å². The van der Waals surface area contributed by atoms with Crippen molar-refractivity contribution in [2.45, 2.75) is 13.5 Å². The number of para-hydroxylation sites is 1. The first-order valence-electron chi connectivity index (χ1n) is 8.73. The number of hydrogen-bond donors (Lipinski definition) is 1. The SMILES string of the molecule is CC(=NCc1cccs1)c1c(-c2ccccc2)[nH]n(-c2ccccc2)c1=O. The van der Waals surface area contributed by atoms with Crippen molar-refractivity contribution in [3.8, 4) is 16.9 Å². The molecule has 2 heterocycles. The number of aromatic nitrogens is 2. The number of thiophene rings is 1. The highest BCUT2D eigenvalue weighted by Gasteiger charge is 2.19. The smallest absolute Gasteiger partial charge is 0.280 e. The second kappa shape index (κ2) is 7.60. The van der Waals surface area contributed by atoms with Crippen LogP contribution in [0.25, 0.3) is 16.9 Å². The van der Waals surface area contributed by atoms with Crippen LogP contribution in [0.4, 0.5) is 0 Å². The number of H-pyrrole nitrogens is 1. The Balaban J connectivity index is 1.85. The van der Waals surface area contributed by atoms with E-state index in [2.05, 4.69) is 16.2 Å². The Bertz CT molecular complexity index is 1110. The van der Waals surface area contributed by atoms with Crippen molar-refractivity contribution in [2.75, 3.05) is 0 Å². The molecule has 1 N–H and O–H groups in total. The highest BCUT2D eigenvalue weighted by molar-refractivity contribution is 7.09. The highest BCUT2D eigenvalue weighted by Crippen LogP contribution is 2.22. The quantitative estimate of drug-likeness (QED) is 0.497. The van der Waals surface area contributed by atoms with E-state index in [-0.39, 0.29) is 5.56 Å². The molecular formula is C22H19N3OS. The van der Waals surface area contributed by atoms with Crippen LogP contribution >= 0.6 is 11.3 Å². The molecule has 134 valence electrons. The van der Waals surface area contributed by atoms with Gasteiger partial charge in [0.05, 0.1) is 23.5 Å². The third-order valence-electron chi connectivity index (χ3n) is 4.38. The number of rotatable bonds is 5. The lowest BCUT2D eigenvalue weighted by atomic mass is 10.1. The van der Waals surface area contributed by atoms with Gasteiger partial charge in [-0.2, -0.15) is 0 Å². The first-order chi connectivity index (χ1) is 13.2. The minimum Gasteiger partial charge on any atom is -0.290 e. The van der Waals surface area contributed by atoms with Crippen molar-refractivity contribution in [1.82, 2.24) is 9.78 Å². The van der Waals surface area contributed by atoms with Gasteiger partial charge in [-0.05, 0) is 30.5 Å². The summed E-state index contributed by atoms with van der Waals surface area (Å²) in [5.41, 5.74) is 3.81. The maximum Gasteiger partial charge on any atom is 0.280 e. The summed E-state index contributed by atoms with van der Waals surface area (Å²) in [7, 11) is 0. The lowest BCUT2D eigenvalue weighted by Crippen LogP contribution is -2.19. The fourth-order valence-corrected chi connectivity index (χ4v) is 3.65. The Morgan fingerprint density at radius 2 is 1.70 bits per heavy atom. The maximum atomic E-state index is 13.2. The predicted octanol–water partition coefficient (Wildman–Crippen LogP) is 4.90. The van der Waals surface area contributed by atoms with Gasteiger partial charge in [0, 0.05) is 16.2 Å². The van der Waals surface area contributed by atoms with E-state index in [0.29, 0.717) is 12.1 Å². The van der Waals surface area contributed by atoms with Gasteiger partial charge >= 0.3 is 0 Å². The number of aliphatic imine (C=N–C) groups is 1. The van der Waals surface area contributed by atoms with Crippen LogP contribution in [-0.4, -0.2) is 15.5 Å². The van der Waals surface area contributed by atoms with Crippen LogP contribution in [0.3, 0.4) is 0 Å². The largest absolute Gasteiger partial charge is 0.290 e. The molecule has 0 spiro atoms. The topological polar surface area (TPSA) is 50.1 Å². The van der Waals surface area contributed by atoms with E-state index < -0.39 is 0 Å². The van der Waals surface area contributed by atoms with Gasteiger partial charge in [0.15, 0.2) is 0 Å². The zero-order chi connectivity index (χ0) is 18.6. The Morgan fingerprint density at radius 1 is 1.00 bits per heavy atom. The van der Waals surface area contributed by atoms with Crippen LogP contribution in [0.1, 0.15) is 17.4 Å². The number of nitrogens with zero attached hydrogens (tertiary/aromatic N) is 2. The van der Waals surface area contributed by atoms with E-state index in [9.17, 15) is 4.79 Å². The summed E-state index contributed by atoms with van der Waals surface area (Å²) in [5, 5.41) is 5.32. The molecular weight excluding hydrogens is 354 g/mol. The van der Waals surface area contributed by atoms with Crippen molar-refractivity contribution in [1.29, 1.82) is 0 Å². The average molecular weight is 373 g/mol. The van der Waals surface area contributed by atoms with Crippen LogP contribution in [0.5, 0.6) is 0 Å². The lowest BCUT2D eigenvalue weighted by molar-refractivity contribution is 0.852. The van der Waals surface area contributed by atoms with E-state index >= 15 is 0 Å². The molecule has 0 saturated heterocycles. The number of hydrogen-bond acceptors (Lipinski definition) is 3. The van der Waals surface area contributed by atoms with Crippen LogP contribution in [-0.2, 0) is 6.54 Å². The molecule has 0 aliphatic rings. The molecule has 0 atom stereocenters. The van der Waals surface area contributed by atoms with Gasteiger partial charge in [-0.3, -0.25) is 14.9 Å². The molecule has 4 nitrogen and oxygen atoms in total. The van der Waals surface area contributed by atoms with Crippen LogP contribution < -0.4 is 5.56 Å². The van der Waals surface area contributed by atoms with Gasteiger partial charge < -0.3 is 0 Å². The third kappa shape index (κ3) is 3.55. The molecule has 5 heteroatoms. The molecule has 0 bridgehead atoms. The molecule has 0 saturated carbocycles. The van der Waals surface area contributed by atoms with E-state index in [0.717, 1.165) is 22.7 Å². The Labute approximate surface area is 161 Å². The van der Waals surface area contributed by atoms with E-state index in [4.69, 9.17) is 0 Å². The standard InChI is InChI=1S/C22H19N3OS/c1-16(23-15-19-13-8-14-27-19)20-21(17-9-4-2-5-10-17)24-25(22(20)26)18-11-6-3-7-12-18/h2-14,24H,15H2,1H3. The monoisotopic (exact) mass is 373 g/mol. The van der Waals surface area contributed by atoms with Gasteiger partial charge in [0.1, 0.15) is 0 Å². The van der Waals surface area contributed by atoms with Crippen molar-refractivity contribution in [3.05, 3.63) is 99.0 Å². The van der Waals surface area contributed by atoms with Crippen LogP contribution in [0.15, 0.2) is 88.0 Å². The fourth-order valence-electron chi connectivity index (χ4n) is 3.02. The van der Waals surface area contributed by atoms with Crippen LogP contribution in [0, 0.1) is 0 Å². The summed E-state index contributed by atoms with van der Waals surface area (Å²) in [6.45, 7) is 2.48. The zero-order valence-electron chi connectivity index (χ0n) is 14.9. The molecule has 4 rings (SSSR count). The van der Waals surface area contributed by atoms with Gasteiger partial charge in [0.25, 0.3) is 5.56 Å². The summed E-state index contributed by atoms with van der Waals surface area (Å²) < 4.78 is 1.59. The zero-order valence-corrected chi connectivity index (χ0v) is 15.7. The van der Waals surface area contributed by atoms with Gasteiger partial charge in [-0.1, -0.05) is 54.6 Å². The highest BCUT2D eigenvalue weighted by atomic mass is 32.1. The summed E-state index contributed by atoms with van der Waals surface area (Å²) >= 11 is 1.67. The molecule has 4 aromatic rings. The Morgan fingerprint density at radius 3 is 2.37 bits per heavy atom. The molecule has 0 aliphatic heterocycles. The van der Waals surface area contributed by atoms with Crippen molar-refractivity contribution in [3.63, 3.8) is 0 Å². The summed E-state index contributed by atoms with van der Waals surface area (Å²) in [4.78, 5) is 19.1. The first-order valence-corrected chi connectivity index (χ1v) is 9.61. The number of aromatic amines is 1. The molecule has 0 fully saturated rings. The Kier molecular flexibility index (Phi) is 4.85. The molecule has 0 amide bonds. The molecule has 0 radical (unpaired) electrons. The predicted molar refractivity (Wildman–Crippen MR) is 112 cm³/mol. The average Bonchev–Trinajstić information content (AvgIpc) is 3.35. The molecule has 27 heavy (non-hydrogen) atoms. The van der Waals surface area contributed by atoms with Crippen molar-refractivity contribution in [2.24, 2.45) is 4.99 Å². The molecule has 0 aliphatic carbocycles. The second-order valence-corrected chi connectivity index (χ2v) is 7.22. The van der Waals surface area contributed by atoms with Gasteiger partial charge in [-0.15, -0.1) is 11.3 Å². The number of benzene rings is 2. The molecule has 2 aromatic heterocycles. The lowest BCUT2D eigenvalue weighted by Gasteiger charge is -2.03. The Hall–Kier alpha value is -3.18. The third-order valence-corrected chi connectivity index (χ3v) is 5.24. The minimum absolute atomic E-state index is 0.0903. The van der Waals surface area contributed by atoms with Crippen molar-refractivity contribution >= 4 is 17.0 Å². The summed E-state index contributed by atoms with van der Waals surface area (Å²) in [5.74, 6) is 0. The molecule has 0 unspecified atom stereocenters. The van der Waals surface area contributed by atoms with E-state index in [1.807, 2.05) is 79.0 Å². The fraction of sp³-hybridized carbons (Fsp3) is 0.0909.